The highest BCUT2D eigenvalue weighted by molar-refractivity contribution is 7.89. The van der Waals surface area contributed by atoms with Crippen molar-refractivity contribution in [2.45, 2.75) is 25.3 Å². The maximum absolute atomic E-state index is 12.9. The molecule has 0 radical (unpaired) electrons. The fourth-order valence-electron chi connectivity index (χ4n) is 3.57. The monoisotopic (exact) mass is 448 g/mol. The number of piperazine rings is 1. The number of aromatic nitrogens is 2. The van der Waals surface area contributed by atoms with Gasteiger partial charge in [0.15, 0.2) is 5.76 Å². The molecule has 1 fully saturated rings. The zero-order chi connectivity index (χ0) is 21.3. The minimum absolute atomic E-state index is 0.194. The SMILES string of the molecule is COc1ccc(-c2csc(CN3CCN(S(=O)(=O)c4c(C)noc4C)CC3)n2)cc1. The van der Waals surface area contributed by atoms with Crippen LogP contribution in [0.5, 0.6) is 5.75 Å². The molecule has 4 rings (SSSR count). The zero-order valence-electron chi connectivity index (χ0n) is 17.2. The van der Waals surface area contributed by atoms with E-state index in [1.165, 1.54) is 4.31 Å². The topological polar surface area (TPSA) is 88.8 Å². The minimum Gasteiger partial charge on any atom is -0.497 e. The van der Waals surface area contributed by atoms with Crippen LogP contribution in [0.1, 0.15) is 16.5 Å². The van der Waals surface area contributed by atoms with Crippen molar-refractivity contribution in [3.05, 3.63) is 46.1 Å². The van der Waals surface area contributed by atoms with Crippen LogP contribution in [0.25, 0.3) is 11.3 Å². The molecule has 2 aromatic heterocycles. The fraction of sp³-hybridized carbons (Fsp3) is 0.400. The standard InChI is InChI=1S/C20H24N4O4S2/c1-14-20(15(2)28-22-14)30(25,26)24-10-8-23(9-11-24)12-19-21-18(13-29-19)16-4-6-17(27-3)7-5-16/h4-7,13H,8-12H2,1-3H3. The van der Waals surface area contributed by atoms with E-state index in [0.717, 1.165) is 22.0 Å². The Labute approximate surface area is 180 Å². The molecule has 0 aliphatic carbocycles. The highest BCUT2D eigenvalue weighted by Crippen LogP contribution is 2.27. The van der Waals surface area contributed by atoms with Crippen LogP contribution in [0.3, 0.4) is 0 Å². The van der Waals surface area contributed by atoms with Gasteiger partial charge in [-0.15, -0.1) is 11.3 Å². The lowest BCUT2D eigenvalue weighted by Gasteiger charge is -2.33. The average Bonchev–Trinajstić information content (AvgIpc) is 3.35. The van der Waals surface area contributed by atoms with Crippen LogP contribution < -0.4 is 4.74 Å². The number of hydrogen-bond acceptors (Lipinski definition) is 8. The quantitative estimate of drug-likeness (QED) is 0.573. The van der Waals surface area contributed by atoms with Crippen LogP contribution in [0.4, 0.5) is 0 Å². The molecule has 0 bridgehead atoms. The predicted octanol–water partition coefficient (Wildman–Crippen LogP) is 2.93. The maximum atomic E-state index is 12.9. The van der Waals surface area contributed by atoms with Gasteiger partial charge in [-0.25, -0.2) is 13.4 Å². The Hall–Kier alpha value is -2.27. The van der Waals surface area contributed by atoms with Crippen molar-refractivity contribution in [3.63, 3.8) is 0 Å². The Kier molecular flexibility index (Phi) is 5.92. The summed E-state index contributed by atoms with van der Waals surface area (Å²) in [4.78, 5) is 7.17. The molecular formula is C20H24N4O4S2. The predicted molar refractivity (Wildman–Crippen MR) is 114 cm³/mol. The van der Waals surface area contributed by atoms with Gasteiger partial charge in [0.25, 0.3) is 0 Å². The maximum Gasteiger partial charge on any atom is 0.248 e. The molecule has 1 aliphatic heterocycles. The molecule has 0 unspecified atom stereocenters. The summed E-state index contributed by atoms with van der Waals surface area (Å²) in [6.07, 6.45) is 0. The van der Waals surface area contributed by atoms with E-state index in [9.17, 15) is 8.42 Å². The molecule has 3 aromatic rings. The molecule has 0 amide bonds. The lowest BCUT2D eigenvalue weighted by molar-refractivity contribution is 0.181. The summed E-state index contributed by atoms with van der Waals surface area (Å²) < 4.78 is 37.7. The number of benzene rings is 1. The van der Waals surface area contributed by atoms with Crippen LogP contribution in [0.15, 0.2) is 39.1 Å². The minimum atomic E-state index is -3.59. The fourth-order valence-corrected chi connectivity index (χ4v) is 6.13. The molecular weight excluding hydrogens is 424 g/mol. The van der Waals surface area contributed by atoms with E-state index in [4.69, 9.17) is 14.2 Å². The lowest BCUT2D eigenvalue weighted by atomic mass is 10.2. The van der Waals surface area contributed by atoms with Crippen LogP contribution in [-0.4, -0.2) is 61.1 Å². The summed E-state index contributed by atoms with van der Waals surface area (Å²) in [5, 5.41) is 6.85. The van der Waals surface area contributed by atoms with Crippen molar-refractivity contribution in [2.24, 2.45) is 0 Å². The summed E-state index contributed by atoms with van der Waals surface area (Å²) in [5.74, 6) is 1.15. The number of nitrogens with zero attached hydrogens (tertiary/aromatic N) is 4. The number of aryl methyl sites for hydroxylation is 2. The van der Waals surface area contributed by atoms with Gasteiger partial charge in [0, 0.05) is 37.1 Å². The Morgan fingerprint density at radius 3 is 2.43 bits per heavy atom. The summed E-state index contributed by atoms with van der Waals surface area (Å²) in [6, 6.07) is 7.84. The van der Waals surface area contributed by atoms with Crippen LogP contribution in [0.2, 0.25) is 0 Å². The number of ether oxygens (including phenoxy) is 1. The zero-order valence-corrected chi connectivity index (χ0v) is 18.8. The van der Waals surface area contributed by atoms with Crippen molar-refractivity contribution in [3.8, 4) is 17.0 Å². The Balaban J connectivity index is 1.38. The summed E-state index contributed by atoms with van der Waals surface area (Å²) in [6.45, 7) is 6.17. The molecule has 1 saturated heterocycles. The Morgan fingerprint density at radius 1 is 1.13 bits per heavy atom. The second kappa shape index (κ2) is 8.46. The molecule has 0 N–H and O–H groups in total. The van der Waals surface area contributed by atoms with Gasteiger partial charge in [-0.3, -0.25) is 4.90 Å². The van der Waals surface area contributed by atoms with Gasteiger partial charge in [0.1, 0.15) is 21.3 Å². The number of methoxy groups -OCH3 is 1. The molecule has 30 heavy (non-hydrogen) atoms. The first-order valence-electron chi connectivity index (χ1n) is 9.62. The first-order valence-corrected chi connectivity index (χ1v) is 11.9. The van der Waals surface area contributed by atoms with Gasteiger partial charge in [-0.05, 0) is 38.1 Å². The van der Waals surface area contributed by atoms with Gasteiger partial charge in [-0.1, -0.05) is 5.16 Å². The van der Waals surface area contributed by atoms with E-state index in [-0.39, 0.29) is 4.90 Å². The van der Waals surface area contributed by atoms with Crippen LogP contribution >= 0.6 is 11.3 Å². The lowest BCUT2D eigenvalue weighted by Crippen LogP contribution is -2.48. The highest BCUT2D eigenvalue weighted by atomic mass is 32.2. The molecule has 1 aromatic carbocycles. The summed E-state index contributed by atoms with van der Waals surface area (Å²) in [5.41, 5.74) is 2.40. The third-order valence-electron chi connectivity index (χ3n) is 5.19. The highest BCUT2D eigenvalue weighted by Gasteiger charge is 2.33. The number of thiazole rings is 1. The summed E-state index contributed by atoms with van der Waals surface area (Å²) in [7, 11) is -1.94. The third kappa shape index (κ3) is 4.13. The van der Waals surface area contributed by atoms with Gasteiger partial charge in [0.05, 0.1) is 19.3 Å². The van der Waals surface area contributed by atoms with Crippen LogP contribution in [0, 0.1) is 13.8 Å². The largest absolute Gasteiger partial charge is 0.497 e. The van der Waals surface area contributed by atoms with E-state index in [1.807, 2.05) is 24.3 Å². The van der Waals surface area contributed by atoms with E-state index in [0.29, 0.717) is 44.2 Å². The van der Waals surface area contributed by atoms with E-state index >= 15 is 0 Å². The number of sulfonamides is 1. The molecule has 8 nitrogen and oxygen atoms in total. The van der Waals surface area contributed by atoms with Crippen LogP contribution in [-0.2, 0) is 16.6 Å². The van der Waals surface area contributed by atoms with E-state index < -0.39 is 10.0 Å². The molecule has 0 saturated carbocycles. The van der Waals surface area contributed by atoms with Crippen molar-refractivity contribution < 1.29 is 17.7 Å². The first kappa shape index (κ1) is 21.0. The van der Waals surface area contributed by atoms with Gasteiger partial charge in [-0.2, -0.15) is 4.31 Å². The van der Waals surface area contributed by atoms with E-state index in [1.54, 1.807) is 32.3 Å². The van der Waals surface area contributed by atoms with Crippen molar-refractivity contribution in [2.75, 3.05) is 33.3 Å². The average molecular weight is 449 g/mol. The third-order valence-corrected chi connectivity index (χ3v) is 8.17. The van der Waals surface area contributed by atoms with Crippen molar-refractivity contribution in [1.29, 1.82) is 0 Å². The Morgan fingerprint density at radius 2 is 1.83 bits per heavy atom. The second-order valence-electron chi connectivity index (χ2n) is 7.19. The summed E-state index contributed by atoms with van der Waals surface area (Å²) >= 11 is 1.62. The normalized spacial score (nSPS) is 16.1. The van der Waals surface area contributed by atoms with Gasteiger partial charge < -0.3 is 9.26 Å². The smallest absolute Gasteiger partial charge is 0.248 e. The molecule has 0 atom stereocenters. The number of hydrogen-bond donors (Lipinski definition) is 0. The number of rotatable bonds is 6. The van der Waals surface area contributed by atoms with E-state index in [2.05, 4.69) is 15.4 Å². The second-order valence-corrected chi connectivity index (χ2v) is 10.0. The molecule has 3 heterocycles. The first-order chi connectivity index (χ1) is 14.4. The van der Waals surface area contributed by atoms with Gasteiger partial charge >= 0.3 is 0 Å². The molecule has 160 valence electrons. The Bertz CT molecular complexity index is 1090. The van der Waals surface area contributed by atoms with Crippen molar-refractivity contribution in [1.82, 2.24) is 19.3 Å². The van der Waals surface area contributed by atoms with Crippen molar-refractivity contribution >= 4 is 21.4 Å². The molecule has 0 spiro atoms. The molecule has 10 heteroatoms. The van der Waals surface area contributed by atoms with Gasteiger partial charge in [0.2, 0.25) is 10.0 Å². The molecule has 1 aliphatic rings.